The highest BCUT2D eigenvalue weighted by Crippen LogP contribution is 2.19. The minimum absolute atomic E-state index is 0.569. The molecular formula is C13H9BrN4O2. The Morgan fingerprint density at radius 2 is 2.25 bits per heavy atom. The molecule has 0 aliphatic rings. The first kappa shape index (κ1) is 12.6. The molecule has 1 N–H and O–H groups in total. The second-order valence-corrected chi connectivity index (χ2v) is 4.94. The minimum atomic E-state index is -1.01. The number of carbonyl (C=O) groups is 1. The average Bonchev–Trinajstić information content (AvgIpc) is 2.99. The number of halogens is 1. The van der Waals surface area contributed by atoms with Crippen LogP contribution < -0.4 is 0 Å². The van der Waals surface area contributed by atoms with Crippen molar-refractivity contribution in [1.29, 1.82) is 0 Å². The van der Waals surface area contributed by atoms with Crippen molar-refractivity contribution >= 4 is 33.6 Å². The molecule has 3 aromatic heterocycles. The van der Waals surface area contributed by atoms with Crippen LogP contribution in [0, 0.1) is 0 Å². The van der Waals surface area contributed by atoms with Gasteiger partial charge < -0.3 is 5.11 Å². The van der Waals surface area contributed by atoms with Gasteiger partial charge >= 0.3 is 5.97 Å². The SMILES string of the molecule is O=C(O)/C=C/c1c(-n2cc(Br)cn2)nc2ccccn12. The number of imidazole rings is 1. The Morgan fingerprint density at radius 1 is 1.40 bits per heavy atom. The van der Waals surface area contributed by atoms with Gasteiger partial charge in [-0.05, 0) is 34.1 Å². The Kier molecular flexibility index (Phi) is 3.11. The first-order valence-electron chi connectivity index (χ1n) is 5.74. The van der Waals surface area contributed by atoms with Gasteiger partial charge in [-0.1, -0.05) is 6.07 Å². The molecule has 0 aromatic carbocycles. The third kappa shape index (κ3) is 2.23. The smallest absolute Gasteiger partial charge is 0.328 e. The summed E-state index contributed by atoms with van der Waals surface area (Å²) in [7, 11) is 0. The molecule has 3 heterocycles. The predicted molar refractivity (Wildman–Crippen MR) is 76.7 cm³/mol. The summed E-state index contributed by atoms with van der Waals surface area (Å²) in [5.41, 5.74) is 1.37. The zero-order valence-corrected chi connectivity index (χ0v) is 11.7. The molecule has 0 radical (unpaired) electrons. The molecule has 0 unspecified atom stereocenters. The van der Waals surface area contributed by atoms with Crippen LogP contribution in [0.3, 0.4) is 0 Å². The summed E-state index contributed by atoms with van der Waals surface area (Å²) in [6.07, 6.45) is 7.83. The van der Waals surface area contributed by atoms with Crippen LogP contribution in [0.2, 0.25) is 0 Å². The number of fused-ring (bicyclic) bond motifs is 1. The molecular weight excluding hydrogens is 324 g/mol. The number of carboxylic acid groups (broad SMARTS) is 1. The maximum atomic E-state index is 10.7. The van der Waals surface area contributed by atoms with Crippen LogP contribution in [0.1, 0.15) is 5.69 Å². The highest BCUT2D eigenvalue weighted by atomic mass is 79.9. The first-order chi connectivity index (χ1) is 9.65. The highest BCUT2D eigenvalue weighted by Gasteiger charge is 2.12. The van der Waals surface area contributed by atoms with Gasteiger partial charge in [0.25, 0.3) is 0 Å². The Hall–Kier alpha value is -2.41. The van der Waals surface area contributed by atoms with Crippen molar-refractivity contribution in [1.82, 2.24) is 19.2 Å². The van der Waals surface area contributed by atoms with E-state index in [1.165, 1.54) is 6.08 Å². The molecule has 100 valence electrons. The van der Waals surface area contributed by atoms with E-state index < -0.39 is 5.97 Å². The van der Waals surface area contributed by atoms with Crippen LogP contribution >= 0.6 is 15.9 Å². The van der Waals surface area contributed by atoms with Crippen LogP contribution in [-0.2, 0) is 4.79 Å². The van der Waals surface area contributed by atoms with E-state index in [-0.39, 0.29) is 0 Å². The molecule has 7 heteroatoms. The number of rotatable bonds is 3. The topological polar surface area (TPSA) is 72.4 Å². The molecule has 0 aliphatic carbocycles. The van der Waals surface area contributed by atoms with E-state index in [4.69, 9.17) is 5.11 Å². The minimum Gasteiger partial charge on any atom is -0.478 e. The Morgan fingerprint density at radius 3 is 2.95 bits per heavy atom. The number of nitrogens with zero attached hydrogens (tertiary/aromatic N) is 4. The third-order valence-electron chi connectivity index (χ3n) is 2.70. The monoisotopic (exact) mass is 332 g/mol. The Labute approximate surface area is 122 Å². The highest BCUT2D eigenvalue weighted by molar-refractivity contribution is 9.10. The Balaban J connectivity index is 2.24. The molecule has 3 aromatic rings. The van der Waals surface area contributed by atoms with Crippen LogP contribution in [-0.4, -0.2) is 30.2 Å². The predicted octanol–water partition coefficient (Wildman–Crippen LogP) is 2.38. The standard InChI is InChI=1S/C13H9BrN4O2/c14-9-7-15-18(8-9)13-10(4-5-12(19)20)17-6-2-1-3-11(17)16-13/h1-8H,(H,19,20)/b5-4+. The van der Waals surface area contributed by atoms with Gasteiger partial charge in [-0.2, -0.15) is 5.10 Å². The van der Waals surface area contributed by atoms with E-state index in [1.807, 2.05) is 28.8 Å². The molecule has 0 amide bonds. The maximum absolute atomic E-state index is 10.7. The fourth-order valence-corrected chi connectivity index (χ4v) is 2.18. The van der Waals surface area contributed by atoms with Crippen molar-refractivity contribution in [2.24, 2.45) is 0 Å². The molecule has 20 heavy (non-hydrogen) atoms. The summed E-state index contributed by atoms with van der Waals surface area (Å²) in [6, 6.07) is 5.57. The third-order valence-corrected chi connectivity index (χ3v) is 3.11. The van der Waals surface area contributed by atoms with Crippen molar-refractivity contribution in [2.75, 3.05) is 0 Å². The zero-order valence-electron chi connectivity index (χ0n) is 10.1. The summed E-state index contributed by atoms with van der Waals surface area (Å²) >= 11 is 3.33. The lowest BCUT2D eigenvalue weighted by atomic mass is 10.3. The summed E-state index contributed by atoms with van der Waals surface area (Å²) < 4.78 is 4.23. The summed E-state index contributed by atoms with van der Waals surface area (Å²) in [5.74, 6) is -0.442. The van der Waals surface area contributed by atoms with Crippen molar-refractivity contribution < 1.29 is 9.90 Å². The largest absolute Gasteiger partial charge is 0.478 e. The lowest BCUT2D eigenvalue weighted by Crippen LogP contribution is -1.98. The van der Waals surface area contributed by atoms with Gasteiger partial charge in [-0.15, -0.1) is 0 Å². The van der Waals surface area contributed by atoms with Crippen molar-refractivity contribution in [3.8, 4) is 5.82 Å². The lowest BCUT2D eigenvalue weighted by molar-refractivity contribution is -0.131. The van der Waals surface area contributed by atoms with Gasteiger partial charge in [0.2, 0.25) is 0 Å². The lowest BCUT2D eigenvalue weighted by Gasteiger charge is -1.99. The average molecular weight is 333 g/mol. The molecule has 0 bridgehead atoms. The van der Waals surface area contributed by atoms with Gasteiger partial charge in [-0.25, -0.2) is 14.5 Å². The maximum Gasteiger partial charge on any atom is 0.328 e. The van der Waals surface area contributed by atoms with Crippen LogP contribution in [0.4, 0.5) is 0 Å². The number of hydrogen-bond donors (Lipinski definition) is 1. The molecule has 6 nitrogen and oxygen atoms in total. The van der Waals surface area contributed by atoms with Gasteiger partial charge in [0, 0.05) is 18.5 Å². The number of aromatic nitrogens is 4. The Bertz CT molecular complexity index is 819. The molecule has 3 rings (SSSR count). The quantitative estimate of drug-likeness (QED) is 0.747. The second kappa shape index (κ2) is 4.93. The number of pyridine rings is 1. The molecule has 0 saturated heterocycles. The van der Waals surface area contributed by atoms with Gasteiger partial charge in [0.1, 0.15) is 5.65 Å². The van der Waals surface area contributed by atoms with E-state index in [0.29, 0.717) is 11.5 Å². The number of aliphatic carboxylic acids is 1. The van der Waals surface area contributed by atoms with Gasteiger partial charge in [0.05, 0.1) is 16.4 Å². The van der Waals surface area contributed by atoms with Gasteiger partial charge in [0.15, 0.2) is 5.82 Å². The van der Waals surface area contributed by atoms with E-state index in [1.54, 1.807) is 17.1 Å². The van der Waals surface area contributed by atoms with Crippen LogP contribution in [0.5, 0.6) is 0 Å². The van der Waals surface area contributed by atoms with E-state index >= 15 is 0 Å². The second-order valence-electron chi connectivity index (χ2n) is 4.02. The summed E-state index contributed by atoms with van der Waals surface area (Å²) in [5, 5.41) is 13.0. The van der Waals surface area contributed by atoms with E-state index in [2.05, 4.69) is 26.0 Å². The van der Waals surface area contributed by atoms with Crippen molar-refractivity contribution in [2.45, 2.75) is 0 Å². The van der Waals surface area contributed by atoms with Crippen molar-refractivity contribution in [3.63, 3.8) is 0 Å². The molecule has 0 fully saturated rings. The fourth-order valence-electron chi connectivity index (χ4n) is 1.89. The van der Waals surface area contributed by atoms with E-state index in [9.17, 15) is 4.79 Å². The molecule has 0 spiro atoms. The van der Waals surface area contributed by atoms with E-state index in [0.717, 1.165) is 16.2 Å². The van der Waals surface area contributed by atoms with Crippen LogP contribution in [0.25, 0.3) is 17.5 Å². The zero-order chi connectivity index (χ0) is 14.1. The van der Waals surface area contributed by atoms with Crippen LogP contribution in [0.15, 0.2) is 47.3 Å². The first-order valence-corrected chi connectivity index (χ1v) is 6.53. The number of hydrogen-bond acceptors (Lipinski definition) is 3. The van der Waals surface area contributed by atoms with Crippen molar-refractivity contribution in [3.05, 3.63) is 53.0 Å². The summed E-state index contributed by atoms with van der Waals surface area (Å²) in [6.45, 7) is 0. The fraction of sp³-hybridized carbons (Fsp3) is 0. The van der Waals surface area contributed by atoms with Gasteiger partial charge in [-0.3, -0.25) is 4.40 Å². The summed E-state index contributed by atoms with van der Waals surface area (Å²) in [4.78, 5) is 15.2. The molecule has 0 saturated carbocycles. The normalized spacial score (nSPS) is 11.4. The number of carboxylic acids is 1. The molecule has 0 aliphatic heterocycles. The molecule has 0 atom stereocenters.